The SMILES string of the molecule is CCSCCC(C)Nc1c([N+](=O)[O-])ncn1C. The number of nitrogens with one attached hydrogen (secondary N) is 1. The molecule has 0 aromatic carbocycles. The highest BCUT2D eigenvalue weighted by Crippen LogP contribution is 2.22. The van der Waals surface area contributed by atoms with E-state index < -0.39 is 4.92 Å². The highest BCUT2D eigenvalue weighted by atomic mass is 32.2. The first-order valence-electron chi connectivity index (χ1n) is 5.56. The first-order chi connectivity index (χ1) is 8.06. The molecule has 0 saturated carbocycles. The molecule has 1 unspecified atom stereocenters. The molecule has 6 nitrogen and oxygen atoms in total. The summed E-state index contributed by atoms with van der Waals surface area (Å²) in [5, 5.41) is 13.9. The van der Waals surface area contributed by atoms with E-state index >= 15 is 0 Å². The summed E-state index contributed by atoms with van der Waals surface area (Å²) in [6, 6.07) is 0.197. The van der Waals surface area contributed by atoms with E-state index in [1.165, 1.54) is 6.33 Å². The molecule has 0 bridgehead atoms. The molecule has 1 heterocycles. The van der Waals surface area contributed by atoms with Crippen LogP contribution in [0.5, 0.6) is 0 Å². The molecular formula is C10H18N4O2S. The zero-order valence-electron chi connectivity index (χ0n) is 10.3. The number of aromatic nitrogens is 2. The van der Waals surface area contributed by atoms with Gasteiger partial charge in [0.2, 0.25) is 12.1 Å². The standard InChI is InChI=1S/C10H18N4O2S/c1-4-17-6-5-8(2)12-10-9(14(15)16)11-7-13(10)3/h7-8,12H,4-6H2,1-3H3. The summed E-state index contributed by atoms with van der Waals surface area (Å²) < 4.78 is 1.64. The lowest BCUT2D eigenvalue weighted by Gasteiger charge is -2.14. The molecule has 0 saturated heterocycles. The molecule has 0 aliphatic rings. The zero-order chi connectivity index (χ0) is 12.8. The summed E-state index contributed by atoms with van der Waals surface area (Å²) in [5.74, 6) is 2.51. The van der Waals surface area contributed by atoms with Crippen molar-refractivity contribution in [2.24, 2.45) is 7.05 Å². The Morgan fingerprint density at radius 1 is 1.71 bits per heavy atom. The van der Waals surface area contributed by atoms with Gasteiger partial charge in [0, 0.05) is 13.1 Å². The Morgan fingerprint density at radius 3 is 3.00 bits per heavy atom. The Bertz CT molecular complexity index is 380. The van der Waals surface area contributed by atoms with E-state index in [1.807, 2.05) is 18.7 Å². The van der Waals surface area contributed by atoms with Gasteiger partial charge >= 0.3 is 5.82 Å². The Balaban J connectivity index is 2.61. The lowest BCUT2D eigenvalue weighted by molar-refractivity contribution is -0.388. The van der Waals surface area contributed by atoms with Crippen molar-refractivity contribution >= 4 is 23.4 Å². The van der Waals surface area contributed by atoms with E-state index in [9.17, 15) is 10.1 Å². The minimum Gasteiger partial charge on any atom is -0.362 e. The maximum atomic E-state index is 10.8. The van der Waals surface area contributed by atoms with Gasteiger partial charge in [-0.3, -0.25) is 4.57 Å². The van der Waals surface area contributed by atoms with Crippen LogP contribution in [0.15, 0.2) is 6.33 Å². The first-order valence-corrected chi connectivity index (χ1v) is 6.71. The summed E-state index contributed by atoms with van der Waals surface area (Å²) in [6.07, 6.45) is 2.43. The Labute approximate surface area is 105 Å². The van der Waals surface area contributed by atoms with Gasteiger partial charge in [0.15, 0.2) is 0 Å². The monoisotopic (exact) mass is 258 g/mol. The molecule has 0 fully saturated rings. The number of hydrogen-bond donors (Lipinski definition) is 1. The van der Waals surface area contributed by atoms with E-state index in [1.54, 1.807) is 11.6 Å². The highest BCUT2D eigenvalue weighted by Gasteiger charge is 2.20. The molecule has 96 valence electrons. The summed E-state index contributed by atoms with van der Waals surface area (Å²) in [7, 11) is 1.75. The first kappa shape index (κ1) is 13.8. The smallest absolute Gasteiger partial charge is 0.362 e. The van der Waals surface area contributed by atoms with Crippen LogP contribution in [-0.2, 0) is 7.05 Å². The predicted molar refractivity (Wildman–Crippen MR) is 70.6 cm³/mol. The largest absolute Gasteiger partial charge is 0.406 e. The number of rotatable bonds is 7. The summed E-state index contributed by atoms with van der Waals surface area (Å²) >= 11 is 1.87. The summed E-state index contributed by atoms with van der Waals surface area (Å²) in [6.45, 7) is 4.14. The van der Waals surface area contributed by atoms with Gasteiger partial charge in [0.1, 0.15) is 0 Å². The number of hydrogen-bond acceptors (Lipinski definition) is 5. The number of thioether (sulfide) groups is 1. The van der Waals surface area contributed by atoms with Crippen molar-refractivity contribution in [3.05, 3.63) is 16.4 Å². The molecular weight excluding hydrogens is 240 g/mol. The molecule has 0 aliphatic heterocycles. The third kappa shape index (κ3) is 3.92. The van der Waals surface area contributed by atoms with Gasteiger partial charge in [-0.2, -0.15) is 11.8 Å². The van der Waals surface area contributed by atoms with Gasteiger partial charge in [0.05, 0.1) is 0 Å². The van der Waals surface area contributed by atoms with E-state index in [0.717, 1.165) is 17.9 Å². The van der Waals surface area contributed by atoms with Gasteiger partial charge in [-0.15, -0.1) is 0 Å². The van der Waals surface area contributed by atoms with Crippen molar-refractivity contribution in [2.75, 3.05) is 16.8 Å². The number of anilines is 1. The molecule has 7 heteroatoms. The number of aryl methyl sites for hydroxylation is 1. The third-order valence-corrected chi connectivity index (χ3v) is 3.31. The highest BCUT2D eigenvalue weighted by molar-refractivity contribution is 7.99. The fourth-order valence-corrected chi connectivity index (χ4v) is 2.24. The van der Waals surface area contributed by atoms with Crippen molar-refractivity contribution in [3.63, 3.8) is 0 Å². The van der Waals surface area contributed by atoms with Crippen molar-refractivity contribution in [1.82, 2.24) is 9.55 Å². The van der Waals surface area contributed by atoms with Gasteiger partial charge in [-0.25, -0.2) is 0 Å². The van der Waals surface area contributed by atoms with Crippen molar-refractivity contribution in [3.8, 4) is 0 Å². The average molecular weight is 258 g/mol. The third-order valence-electron chi connectivity index (χ3n) is 2.37. The van der Waals surface area contributed by atoms with Crippen LogP contribution in [0.3, 0.4) is 0 Å². The van der Waals surface area contributed by atoms with Crippen LogP contribution in [0.4, 0.5) is 11.6 Å². The fourth-order valence-electron chi connectivity index (χ4n) is 1.43. The number of nitro groups is 1. The molecule has 0 aliphatic carbocycles. The minimum absolute atomic E-state index is 0.109. The molecule has 0 amide bonds. The summed E-state index contributed by atoms with van der Waals surface area (Å²) in [4.78, 5) is 14.1. The average Bonchev–Trinajstić information content (AvgIpc) is 2.61. The van der Waals surface area contributed by atoms with Crippen LogP contribution in [0, 0.1) is 10.1 Å². The predicted octanol–water partition coefficient (Wildman–Crippen LogP) is 2.27. The maximum Gasteiger partial charge on any atom is 0.406 e. The Hall–Kier alpha value is -1.24. The molecule has 1 aromatic heterocycles. The molecule has 1 aromatic rings. The Morgan fingerprint density at radius 2 is 2.41 bits per heavy atom. The Kier molecular flexibility index (Phi) is 5.27. The van der Waals surface area contributed by atoms with Crippen LogP contribution in [-0.4, -0.2) is 32.0 Å². The summed E-state index contributed by atoms with van der Waals surface area (Å²) in [5.41, 5.74) is 0. The van der Waals surface area contributed by atoms with E-state index in [0.29, 0.717) is 5.82 Å². The molecule has 0 spiro atoms. The van der Waals surface area contributed by atoms with Crippen LogP contribution in [0.25, 0.3) is 0 Å². The van der Waals surface area contributed by atoms with Gasteiger partial charge < -0.3 is 15.4 Å². The van der Waals surface area contributed by atoms with Crippen LogP contribution in [0.2, 0.25) is 0 Å². The lowest BCUT2D eigenvalue weighted by Crippen LogP contribution is -2.18. The van der Waals surface area contributed by atoms with Gasteiger partial charge in [0.25, 0.3) is 0 Å². The lowest BCUT2D eigenvalue weighted by atomic mass is 10.2. The topological polar surface area (TPSA) is 73.0 Å². The maximum absolute atomic E-state index is 10.8. The van der Waals surface area contributed by atoms with Gasteiger partial charge in [-0.05, 0) is 34.8 Å². The number of imidazole rings is 1. The second-order valence-electron chi connectivity index (χ2n) is 3.82. The molecule has 1 N–H and O–H groups in total. The molecule has 1 atom stereocenters. The second kappa shape index (κ2) is 6.48. The van der Waals surface area contributed by atoms with Gasteiger partial charge in [-0.1, -0.05) is 6.92 Å². The molecule has 1 rings (SSSR count). The zero-order valence-corrected chi connectivity index (χ0v) is 11.2. The van der Waals surface area contributed by atoms with Crippen LogP contribution < -0.4 is 5.32 Å². The van der Waals surface area contributed by atoms with Crippen molar-refractivity contribution in [2.45, 2.75) is 26.3 Å². The van der Waals surface area contributed by atoms with E-state index in [-0.39, 0.29) is 11.9 Å². The quantitative estimate of drug-likeness (QED) is 0.461. The normalized spacial score (nSPS) is 12.4. The minimum atomic E-state index is -0.462. The van der Waals surface area contributed by atoms with E-state index in [2.05, 4.69) is 17.2 Å². The second-order valence-corrected chi connectivity index (χ2v) is 5.21. The van der Waals surface area contributed by atoms with Crippen LogP contribution in [0.1, 0.15) is 20.3 Å². The van der Waals surface area contributed by atoms with E-state index in [4.69, 9.17) is 0 Å². The van der Waals surface area contributed by atoms with Crippen LogP contribution >= 0.6 is 11.8 Å². The fraction of sp³-hybridized carbons (Fsp3) is 0.700. The number of nitrogens with zero attached hydrogens (tertiary/aromatic N) is 3. The van der Waals surface area contributed by atoms with Crippen molar-refractivity contribution < 1.29 is 4.92 Å². The molecule has 17 heavy (non-hydrogen) atoms. The van der Waals surface area contributed by atoms with Crippen molar-refractivity contribution in [1.29, 1.82) is 0 Å². The molecule has 0 radical (unpaired) electrons.